The van der Waals surface area contributed by atoms with Gasteiger partial charge in [0.1, 0.15) is 5.82 Å². The molecule has 2 fully saturated rings. The van der Waals surface area contributed by atoms with Crippen LogP contribution in [0.2, 0.25) is 0 Å². The van der Waals surface area contributed by atoms with E-state index in [1.807, 2.05) is 17.0 Å². The number of carbonyl (C=O) groups is 1. The Hall–Kier alpha value is -1.46. The van der Waals surface area contributed by atoms with E-state index in [-0.39, 0.29) is 35.8 Å². The van der Waals surface area contributed by atoms with E-state index in [0.717, 1.165) is 50.6 Å². The summed E-state index contributed by atoms with van der Waals surface area (Å²) in [7, 11) is 0. The number of carbonyl (C=O) groups excluding carboxylic acids is 1. The molecule has 5 heteroatoms. The number of likely N-dealkylation sites (tertiary alicyclic amines) is 1. The Bertz CT molecular complexity index is 587. The highest BCUT2D eigenvalue weighted by molar-refractivity contribution is 5.73. The van der Waals surface area contributed by atoms with Gasteiger partial charge in [0.15, 0.2) is 0 Å². The zero-order chi connectivity index (χ0) is 17.8. The summed E-state index contributed by atoms with van der Waals surface area (Å²) in [6.45, 7) is 2.89. The molecule has 0 spiro atoms. The van der Waals surface area contributed by atoms with Gasteiger partial charge in [-0.2, -0.15) is 0 Å². The lowest BCUT2D eigenvalue weighted by Gasteiger charge is -2.40. The average molecular weight is 348 g/mol. The van der Waals surface area contributed by atoms with Crippen LogP contribution in [-0.4, -0.2) is 42.1 Å². The summed E-state index contributed by atoms with van der Waals surface area (Å²) in [5, 5.41) is 0. The first-order valence-electron chi connectivity index (χ1n) is 9.45. The van der Waals surface area contributed by atoms with E-state index in [0.29, 0.717) is 6.61 Å². The zero-order valence-electron chi connectivity index (χ0n) is 15.0. The van der Waals surface area contributed by atoms with E-state index >= 15 is 0 Å². The Morgan fingerprint density at radius 2 is 1.96 bits per heavy atom. The Morgan fingerprint density at radius 1 is 1.24 bits per heavy atom. The topological polar surface area (TPSA) is 55.6 Å². The smallest absolute Gasteiger partial charge is 0.219 e. The summed E-state index contributed by atoms with van der Waals surface area (Å²) in [6, 6.07) is 7.05. The van der Waals surface area contributed by atoms with Crippen molar-refractivity contribution < 1.29 is 13.9 Å². The van der Waals surface area contributed by atoms with Crippen LogP contribution in [-0.2, 0) is 9.53 Å². The molecule has 0 unspecified atom stereocenters. The summed E-state index contributed by atoms with van der Waals surface area (Å²) in [6.07, 6.45) is 5.84. The maximum Gasteiger partial charge on any atom is 0.219 e. The highest BCUT2D eigenvalue weighted by atomic mass is 19.1. The Balaban J connectivity index is 1.50. The zero-order valence-corrected chi connectivity index (χ0v) is 15.0. The molecule has 1 saturated heterocycles. The van der Waals surface area contributed by atoms with E-state index in [9.17, 15) is 9.18 Å². The molecule has 0 aromatic heterocycles. The van der Waals surface area contributed by atoms with Crippen LogP contribution >= 0.6 is 0 Å². The second-order valence-corrected chi connectivity index (χ2v) is 7.41. The first kappa shape index (κ1) is 18.3. The average Bonchev–Trinajstić information content (AvgIpc) is 2.61. The third-order valence-electron chi connectivity index (χ3n) is 5.76. The van der Waals surface area contributed by atoms with Crippen molar-refractivity contribution in [2.24, 2.45) is 5.73 Å². The minimum absolute atomic E-state index is 0.00703. The van der Waals surface area contributed by atoms with Crippen molar-refractivity contribution in [3.63, 3.8) is 0 Å². The van der Waals surface area contributed by atoms with Gasteiger partial charge in [-0.05, 0) is 56.1 Å². The fourth-order valence-electron chi connectivity index (χ4n) is 4.27. The molecule has 0 bridgehead atoms. The molecule has 1 saturated carbocycles. The van der Waals surface area contributed by atoms with E-state index in [1.54, 1.807) is 19.1 Å². The number of hydrogen-bond donors (Lipinski definition) is 1. The van der Waals surface area contributed by atoms with Gasteiger partial charge in [0.05, 0.1) is 18.8 Å². The molecule has 0 radical (unpaired) electrons. The van der Waals surface area contributed by atoms with Crippen molar-refractivity contribution in [2.45, 2.75) is 69.6 Å². The molecule has 4 nitrogen and oxygen atoms in total. The Kier molecular flexibility index (Phi) is 6.07. The number of halogens is 1. The lowest BCUT2D eigenvalue weighted by molar-refractivity contribution is -0.135. The van der Waals surface area contributed by atoms with Gasteiger partial charge in [-0.3, -0.25) is 4.79 Å². The predicted octanol–water partition coefficient (Wildman–Crippen LogP) is 3.21. The molecular weight excluding hydrogens is 319 g/mol. The monoisotopic (exact) mass is 348 g/mol. The normalized spacial score (nSPS) is 30.3. The van der Waals surface area contributed by atoms with Gasteiger partial charge in [-0.25, -0.2) is 4.39 Å². The third-order valence-corrected chi connectivity index (χ3v) is 5.76. The van der Waals surface area contributed by atoms with E-state index in [4.69, 9.17) is 10.5 Å². The van der Waals surface area contributed by atoms with E-state index < -0.39 is 0 Å². The first-order valence-corrected chi connectivity index (χ1v) is 9.45. The SMILES string of the molecule is CC(=O)N1CCC[C@H](N)[C@@H]1COC1CCC(c2ccccc2F)CC1. The van der Waals surface area contributed by atoms with Gasteiger partial charge in [-0.1, -0.05) is 18.2 Å². The molecule has 1 aliphatic heterocycles. The summed E-state index contributed by atoms with van der Waals surface area (Å²) in [5.74, 6) is 0.260. The van der Waals surface area contributed by atoms with Gasteiger partial charge < -0.3 is 15.4 Å². The van der Waals surface area contributed by atoms with Crippen molar-refractivity contribution in [2.75, 3.05) is 13.2 Å². The van der Waals surface area contributed by atoms with Gasteiger partial charge in [0, 0.05) is 19.5 Å². The standard InChI is InChI=1S/C20H29FN2O2/c1-14(24)23-12-4-7-19(22)20(23)13-25-16-10-8-15(9-11-16)17-5-2-3-6-18(17)21/h2-3,5-6,15-16,19-20H,4,7-13,22H2,1H3/t15?,16?,19-,20-/m0/s1. The summed E-state index contributed by atoms with van der Waals surface area (Å²) in [5.41, 5.74) is 7.05. The lowest BCUT2D eigenvalue weighted by atomic mass is 9.82. The largest absolute Gasteiger partial charge is 0.376 e. The van der Waals surface area contributed by atoms with Crippen molar-refractivity contribution in [1.82, 2.24) is 4.90 Å². The highest BCUT2D eigenvalue weighted by Gasteiger charge is 2.32. The second kappa shape index (κ2) is 8.28. The van der Waals surface area contributed by atoms with Crippen LogP contribution in [0.1, 0.15) is 56.9 Å². The fourth-order valence-corrected chi connectivity index (χ4v) is 4.27. The molecule has 1 aromatic carbocycles. The van der Waals surface area contributed by atoms with E-state index in [1.165, 1.54) is 0 Å². The van der Waals surface area contributed by atoms with Crippen LogP contribution in [0, 0.1) is 5.82 Å². The maximum atomic E-state index is 13.9. The van der Waals surface area contributed by atoms with E-state index in [2.05, 4.69) is 0 Å². The maximum absolute atomic E-state index is 13.9. The first-order chi connectivity index (χ1) is 12.1. The van der Waals surface area contributed by atoms with Crippen LogP contribution in [0.15, 0.2) is 24.3 Å². The summed E-state index contributed by atoms with van der Waals surface area (Å²) < 4.78 is 20.1. The minimum atomic E-state index is -0.0999. The fraction of sp³-hybridized carbons (Fsp3) is 0.650. The third kappa shape index (κ3) is 4.39. The van der Waals surface area contributed by atoms with Gasteiger partial charge >= 0.3 is 0 Å². The molecule has 3 rings (SSSR count). The number of hydrogen-bond acceptors (Lipinski definition) is 3. The molecule has 1 aliphatic carbocycles. The number of benzene rings is 1. The van der Waals surface area contributed by atoms with Crippen LogP contribution in [0.25, 0.3) is 0 Å². The van der Waals surface area contributed by atoms with Crippen LogP contribution in [0.5, 0.6) is 0 Å². The summed E-state index contributed by atoms with van der Waals surface area (Å²) >= 11 is 0. The molecule has 2 aliphatic rings. The lowest BCUT2D eigenvalue weighted by Crippen LogP contribution is -2.56. The van der Waals surface area contributed by atoms with Crippen LogP contribution in [0.4, 0.5) is 4.39 Å². The Morgan fingerprint density at radius 3 is 2.64 bits per heavy atom. The summed E-state index contributed by atoms with van der Waals surface area (Å²) in [4.78, 5) is 13.7. The molecule has 2 N–H and O–H groups in total. The predicted molar refractivity (Wildman–Crippen MR) is 95.7 cm³/mol. The number of nitrogens with zero attached hydrogens (tertiary/aromatic N) is 1. The van der Waals surface area contributed by atoms with Gasteiger partial charge in [-0.15, -0.1) is 0 Å². The molecule has 2 atom stereocenters. The second-order valence-electron chi connectivity index (χ2n) is 7.41. The van der Waals surface area contributed by atoms with Gasteiger partial charge in [0.2, 0.25) is 5.91 Å². The Labute approximate surface area is 149 Å². The molecule has 1 heterocycles. The molecular formula is C20H29FN2O2. The molecule has 138 valence electrons. The minimum Gasteiger partial charge on any atom is -0.376 e. The van der Waals surface area contributed by atoms with Gasteiger partial charge in [0.25, 0.3) is 0 Å². The number of rotatable bonds is 4. The van der Waals surface area contributed by atoms with Crippen molar-refractivity contribution in [3.05, 3.63) is 35.6 Å². The highest BCUT2D eigenvalue weighted by Crippen LogP contribution is 2.35. The van der Waals surface area contributed by atoms with Crippen molar-refractivity contribution in [1.29, 1.82) is 0 Å². The number of amides is 1. The molecule has 1 aromatic rings. The number of ether oxygens (including phenoxy) is 1. The molecule has 1 amide bonds. The van der Waals surface area contributed by atoms with Crippen molar-refractivity contribution >= 4 is 5.91 Å². The number of piperidine rings is 1. The van der Waals surface area contributed by atoms with Crippen LogP contribution in [0.3, 0.4) is 0 Å². The quantitative estimate of drug-likeness (QED) is 0.909. The number of nitrogens with two attached hydrogens (primary N) is 1. The molecule has 25 heavy (non-hydrogen) atoms. The van der Waals surface area contributed by atoms with Crippen molar-refractivity contribution in [3.8, 4) is 0 Å². The van der Waals surface area contributed by atoms with Crippen LogP contribution < -0.4 is 5.73 Å².